The minimum atomic E-state index is -2.80. The highest BCUT2D eigenvalue weighted by Gasteiger charge is 2.12. The zero-order chi connectivity index (χ0) is 16.1. The summed E-state index contributed by atoms with van der Waals surface area (Å²) >= 11 is 0. The zero-order valence-electron chi connectivity index (χ0n) is 13.0. The van der Waals surface area contributed by atoms with Crippen molar-refractivity contribution in [2.24, 2.45) is 0 Å². The van der Waals surface area contributed by atoms with Crippen LogP contribution in [-0.2, 0) is 0 Å². The van der Waals surface area contributed by atoms with Crippen molar-refractivity contribution in [3.05, 3.63) is 65.2 Å². The van der Waals surface area contributed by atoms with E-state index in [-0.39, 0.29) is 17.8 Å². The largest absolute Gasteiger partial charge is 0.435 e. The number of benzene rings is 2. The molecule has 0 amide bonds. The first kappa shape index (κ1) is 16.4. The molecule has 0 aromatic heterocycles. The highest BCUT2D eigenvalue weighted by Crippen LogP contribution is 2.23. The molecule has 0 heterocycles. The molecule has 2 nitrogen and oxygen atoms in total. The summed E-state index contributed by atoms with van der Waals surface area (Å²) in [6, 6.07) is 15.3. The lowest BCUT2D eigenvalue weighted by Crippen LogP contribution is -2.22. The first-order chi connectivity index (χ1) is 10.5. The molecule has 22 heavy (non-hydrogen) atoms. The van der Waals surface area contributed by atoms with Crippen molar-refractivity contribution in [1.29, 1.82) is 0 Å². The standard InChI is InChI=1S/C18H21F2NO/c1-12-7-9-15(10-8-12)13(2)21-14(3)16-5-4-6-17(11-16)22-18(19)20/h4-11,13-14,18,21H,1-3H3. The second kappa shape index (κ2) is 7.36. The van der Waals surface area contributed by atoms with E-state index in [1.54, 1.807) is 12.1 Å². The van der Waals surface area contributed by atoms with Crippen molar-refractivity contribution < 1.29 is 13.5 Å². The maximum atomic E-state index is 12.3. The summed E-state index contributed by atoms with van der Waals surface area (Å²) in [6.45, 7) is 3.34. The van der Waals surface area contributed by atoms with Crippen molar-refractivity contribution in [3.8, 4) is 5.75 Å². The second-order valence-electron chi connectivity index (χ2n) is 5.47. The van der Waals surface area contributed by atoms with Crippen LogP contribution in [0.5, 0.6) is 5.75 Å². The molecular formula is C18H21F2NO. The monoisotopic (exact) mass is 305 g/mol. The lowest BCUT2D eigenvalue weighted by atomic mass is 10.0. The van der Waals surface area contributed by atoms with Crippen molar-refractivity contribution in [2.75, 3.05) is 0 Å². The van der Waals surface area contributed by atoms with Gasteiger partial charge in [-0.3, -0.25) is 0 Å². The maximum Gasteiger partial charge on any atom is 0.387 e. The van der Waals surface area contributed by atoms with Gasteiger partial charge in [0.2, 0.25) is 0 Å². The molecule has 4 heteroatoms. The number of hydrogen-bond donors (Lipinski definition) is 1. The van der Waals surface area contributed by atoms with Gasteiger partial charge in [-0.25, -0.2) is 0 Å². The first-order valence-electron chi connectivity index (χ1n) is 7.33. The Kier molecular flexibility index (Phi) is 5.50. The van der Waals surface area contributed by atoms with E-state index in [1.165, 1.54) is 17.2 Å². The molecule has 2 rings (SSSR count). The predicted octanol–water partition coefficient (Wildman–Crippen LogP) is 5.01. The van der Waals surface area contributed by atoms with Gasteiger partial charge in [0.25, 0.3) is 0 Å². The Labute approximate surface area is 130 Å². The van der Waals surface area contributed by atoms with E-state index in [4.69, 9.17) is 0 Å². The highest BCUT2D eigenvalue weighted by molar-refractivity contribution is 5.31. The molecule has 0 aliphatic carbocycles. The number of nitrogens with one attached hydrogen (secondary N) is 1. The summed E-state index contributed by atoms with van der Waals surface area (Å²) in [5.41, 5.74) is 3.33. The van der Waals surface area contributed by atoms with E-state index in [2.05, 4.69) is 48.2 Å². The summed E-state index contributed by atoms with van der Waals surface area (Å²) in [5, 5.41) is 3.47. The fraction of sp³-hybridized carbons (Fsp3) is 0.333. The topological polar surface area (TPSA) is 21.3 Å². The van der Waals surface area contributed by atoms with E-state index >= 15 is 0 Å². The average Bonchev–Trinajstić information content (AvgIpc) is 2.47. The number of hydrogen-bond acceptors (Lipinski definition) is 2. The normalized spacial score (nSPS) is 13.9. The lowest BCUT2D eigenvalue weighted by molar-refractivity contribution is -0.0499. The van der Waals surface area contributed by atoms with Gasteiger partial charge in [0.1, 0.15) is 5.75 Å². The van der Waals surface area contributed by atoms with Crippen molar-refractivity contribution >= 4 is 0 Å². The Morgan fingerprint density at radius 2 is 1.55 bits per heavy atom. The summed E-state index contributed by atoms with van der Waals surface area (Å²) in [5.74, 6) is 0.184. The molecule has 2 atom stereocenters. The van der Waals surface area contributed by atoms with Crippen LogP contribution in [0.2, 0.25) is 0 Å². The molecule has 0 saturated carbocycles. The third kappa shape index (κ3) is 4.53. The number of halogens is 2. The Bertz CT molecular complexity index is 598. The predicted molar refractivity (Wildman–Crippen MR) is 84.2 cm³/mol. The van der Waals surface area contributed by atoms with Crippen molar-refractivity contribution in [1.82, 2.24) is 5.32 Å². The molecule has 0 aliphatic rings. The molecule has 118 valence electrons. The van der Waals surface area contributed by atoms with Crippen LogP contribution >= 0.6 is 0 Å². The van der Waals surface area contributed by atoms with Gasteiger partial charge in [0, 0.05) is 12.1 Å². The number of rotatable bonds is 6. The Morgan fingerprint density at radius 3 is 2.18 bits per heavy atom. The van der Waals surface area contributed by atoms with Gasteiger partial charge in [0.15, 0.2) is 0 Å². The summed E-state index contributed by atoms with van der Waals surface area (Å²) in [7, 11) is 0. The van der Waals surface area contributed by atoms with Crippen LogP contribution in [-0.4, -0.2) is 6.61 Å². The van der Waals surface area contributed by atoms with Crippen molar-refractivity contribution in [3.63, 3.8) is 0 Å². The molecule has 2 aromatic rings. The third-order valence-electron chi connectivity index (χ3n) is 3.66. The first-order valence-corrected chi connectivity index (χ1v) is 7.33. The molecule has 0 radical (unpaired) electrons. The third-order valence-corrected chi connectivity index (χ3v) is 3.66. The molecule has 0 bridgehead atoms. The zero-order valence-corrected chi connectivity index (χ0v) is 13.0. The van der Waals surface area contributed by atoms with Gasteiger partial charge >= 0.3 is 6.61 Å². The Hall–Kier alpha value is -1.94. The fourth-order valence-electron chi connectivity index (χ4n) is 2.38. The Balaban J connectivity index is 2.05. The summed E-state index contributed by atoms with van der Waals surface area (Å²) in [6.07, 6.45) is 0. The second-order valence-corrected chi connectivity index (χ2v) is 5.47. The summed E-state index contributed by atoms with van der Waals surface area (Å²) < 4.78 is 29.0. The van der Waals surface area contributed by atoms with Crippen LogP contribution in [0.4, 0.5) is 8.78 Å². The minimum absolute atomic E-state index is 0.0255. The SMILES string of the molecule is Cc1ccc(C(C)NC(C)c2cccc(OC(F)F)c2)cc1. The average molecular weight is 305 g/mol. The molecule has 0 aliphatic heterocycles. The molecular weight excluding hydrogens is 284 g/mol. The quantitative estimate of drug-likeness (QED) is 0.810. The highest BCUT2D eigenvalue weighted by atomic mass is 19.3. The van der Waals surface area contributed by atoms with Crippen LogP contribution in [0.1, 0.15) is 42.6 Å². The van der Waals surface area contributed by atoms with Crippen LogP contribution in [0.15, 0.2) is 48.5 Å². The Morgan fingerprint density at radius 1 is 0.909 bits per heavy atom. The minimum Gasteiger partial charge on any atom is -0.435 e. The smallest absolute Gasteiger partial charge is 0.387 e. The van der Waals surface area contributed by atoms with E-state index in [1.807, 2.05) is 13.0 Å². The van der Waals surface area contributed by atoms with Crippen LogP contribution < -0.4 is 10.1 Å². The van der Waals surface area contributed by atoms with Gasteiger partial charge in [-0.05, 0) is 44.0 Å². The summed E-state index contributed by atoms with van der Waals surface area (Å²) in [4.78, 5) is 0. The maximum absolute atomic E-state index is 12.3. The van der Waals surface area contributed by atoms with Crippen LogP contribution in [0.3, 0.4) is 0 Å². The van der Waals surface area contributed by atoms with Gasteiger partial charge in [0.05, 0.1) is 0 Å². The van der Waals surface area contributed by atoms with Crippen molar-refractivity contribution in [2.45, 2.75) is 39.5 Å². The van der Waals surface area contributed by atoms with E-state index < -0.39 is 6.61 Å². The van der Waals surface area contributed by atoms with Crippen LogP contribution in [0, 0.1) is 6.92 Å². The molecule has 2 aromatic carbocycles. The molecule has 0 saturated heterocycles. The van der Waals surface area contributed by atoms with Crippen LogP contribution in [0.25, 0.3) is 0 Å². The molecule has 0 fully saturated rings. The number of alkyl halides is 2. The molecule has 1 N–H and O–H groups in total. The van der Waals surface area contributed by atoms with Gasteiger partial charge in [-0.2, -0.15) is 8.78 Å². The van der Waals surface area contributed by atoms with Gasteiger partial charge < -0.3 is 10.1 Å². The number of aryl methyl sites for hydroxylation is 1. The van der Waals surface area contributed by atoms with Gasteiger partial charge in [-0.1, -0.05) is 42.0 Å². The molecule has 2 unspecified atom stereocenters. The van der Waals surface area contributed by atoms with E-state index in [9.17, 15) is 8.78 Å². The molecule has 0 spiro atoms. The lowest BCUT2D eigenvalue weighted by Gasteiger charge is -2.21. The van der Waals surface area contributed by atoms with E-state index in [0.29, 0.717) is 0 Å². The van der Waals surface area contributed by atoms with Gasteiger partial charge in [-0.15, -0.1) is 0 Å². The van der Waals surface area contributed by atoms with E-state index in [0.717, 1.165) is 5.56 Å². The fourth-order valence-corrected chi connectivity index (χ4v) is 2.38. The number of ether oxygens (including phenoxy) is 1.